The van der Waals surface area contributed by atoms with Gasteiger partial charge in [-0.2, -0.15) is 5.10 Å². The number of carbonyl (C=O) groups excluding carboxylic acids is 2. The Balaban J connectivity index is 1.51. The van der Waals surface area contributed by atoms with E-state index >= 15 is 0 Å². The molecule has 1 aliphatic rings. The Kier molecular flexibility index (Phi) is 5.14. The largest absolute Gasteiger partial charge is 0.369 e. The van der Waals surface area contributed by atoms with Crippen LogP contribution in [-0.2, 0) is 17.8 Å². The van der Waals surface area contributed by atoms with E-state index in [0.717, 1.165) is 29.8 Å². The third-order valence-corrected chi connectivity index (χ3v) is 5.07. The summed E-state index contributed by atoms with van der Waals surface area (Å²) >= 11 is 0. The fraction of sp³-hybridized carbons (Fsp3) is 0.227. The molecule has 3 N–H and O–H groups in total. The standard InChI is InChI=1S/C22H23N5O2/c1-15-12-27(19-5-3-2-4-6-19)25-21(15)22(29)24-18-8-7-16-9-10-26(14-20(23)28)13-17(16)11-18/h2-8,11-12H,9-10,13-14H2,1H3,(H2,23,28)(H,24,29). The van der Waals surface area contributed by atoms with Gasteiger partial charge in [0.25, 0.3) is 5.91 Å². The molecule has 2 heterocycles. The summed E-state index contributed by atoms with van der Waals surface area (Å²) in [5.74, 6) is -0.579. The van der Waals surface area contributed by atoms with E-state index in [1.54, 1.807) is 4.68 Å². The first kappa shape index (κ1) is 18.9. The maximum absolute atomic E-state index is 12.8. The molecule has 1 aromatic heterocycles. The summed E-state index contributed by atoms with van der Waals surface area (Å²) in [7, 11) is 0. The Morgan fingerprint density at radius 2 is 1.93 bits per heavy atom. The van der Waals surface area contributed by atoms with Crippen molar-refractivity contribution in [1.29, 1.82) is 0 Å². The highest BCUT2D eigenvalue weighted by molar-refractivity contribution is 6.03. The number of hydrogen-bond acceptors (Lipinski definition) is 4. The summed E-state index contributed by atoms with van der Waals surface area (Å²) in [6.45, 7) is 3.56. The van der Waals surface area contributed by atoms with Crippen molar-refractivity contribution in [2.24, 2.45) is 5.73 Å². The van der Waals surface area contributed by atoms with Gasteiger partial charge in [0.2, 0.25) is 5.91 Å². The Morgan fingerprint density at radius 3 is 2.69 bits per heavy atom. The molecule has 7 heteroatoms. The molecule has 0 saturated heterocycles. The summed E-state index contributed by atoms with van der Waals surface area (Å²) in [5, 5.41) is 7.40. The molecule has 0 atom stereocenters. The predicted molar refractivity (Wildman–Crippen MR) is 111 cm³/mol. The Bertz CT molecular complexity index is 1060. The quantitative estimate of drug-likeness (QED) is 0.700. The van der Waals surface area contributed by atoms with E-state index in [4.69, 9.17) is 5.73 Å². The number of nitrogens with two attached hydrogens (primary N) is 1. The van der Waals surface area contributed by atoms with Crippen molar-refractivity contribution in [2.45, 2.75) is 19.9 Å². The van der Waals surface area contributed by atoms with Crippen LogP contribution < -0.4 is 11.1 Å². The maximum Gasteiger partial charge on any atom is 0.276 e. The summed E-state index contributed by atoms with van der Waals surface area (Å²) in [6.07, 6.45) is 2.70. The zero-order valence-corrected chi connectivity index (χ0v) is 16.3. The third kappa shape index (κ3) is 4.20. The Labute approximate surface area is 169 Å². The average molecular weight is 389 g/mol. The lowest BCUT2D eigenvalue weighted by atomic mass is 9.99. The summed E-state index contributed by atoms with van der Waals surface area (Å²) in [4.78, 5) is 26.0. The first-order valence-corrected chi connectivity index (χ1v) is 9.55. The van der Waals surface area contributed by atoms with Gasteiger partial charge in [-0.05, 0) is 48.7 Å². The van der Waals surface area contributed by atoms with E-state index in [1.165, 1.54) is 5.56 Å². The van der Waals surface area contributed by atoms with E-state index < -0.39 is 0 Å². The van der Waals surface area contributed by atoms with Crippen molar-refractivity contribution in [3.8, 4) is 5.69 Å². The minimum atomic E-state index is -0.331. The van der Waals surface area contributed by atoms with E-state index in [-0.39, 0.29) is 18.4 Å². The van der Waals surface area contributed by atoms with Crippen LogP contribution in [0.4, 0.5) is 5.69 Å². The van der Waals surface area contributed by atoms with Crippen molar-refractivity contribution in [3.63, 3.8) is 0 Å². The molecule has 0 radical (unpaired) electrons. The van der Waals surface area contributed by atoms with E-state index in [1.807, 2.05) is 66.6 Å². The van der Waals surface area contributed by atoms with Crippen LogP contribution in [-0.4, -0.2) is 39.6 Å². The number of nitrogens with zero attached hydrogens (tertiary/aromatic N) is 3. The van der Waals surface area contributed by atoms with Gasteiger partial charge in [-0.1, -0.05) is 24.3 Å². The molecule has 2 amide bonds. The Morgan fingerprint density at radius 1 is 1.14 bits per heavy atom. The van der Waals surface area contributed by atoms with Crippen molar-refractivity contribution in [1.82, 2.24) is 14.7 Å². The highest BCUT2D eigenvalue weighted by Gasteiger charge is 2.19. The number of para-hydroxylation sites is 1. The van der Waals surface area contributed by atoms with Gasteiger partial charge in [0.05, 0.1) is 12.2 Å². The van der Waals surface area contributed by atoms with E-state index in [0.29, 0.717) is 17.9 Å². The number of hydrogen-bond donors (Lipinski definition) is 2. The SMILES string of the molecule is Cc1cn(-c2ccccc2)nc1C(=O)Nc1ccc2c(c1)CN(CC(N)=O)CC2. The molecule has 0 fully saturated rings. The molecule has 1 aliphatic heterocycles. The van der Waals surface area contributed by atoms with Crippen LogP contribution in [0.25, 0.3) is 5.69 Å². The van der Waals surface area contributed by atoms with Crippen LogP contribution in [0.2, 0.25) is 0 Å². The van der Waals surface area contributed by atoms with Crippen molar-refractivity contribution < 1.29 is 9.59 Å². The normalized spacial score (nSPS) is 13.7. The number of carbonyl (C=O) groups is 2. The van der Waals surface area contributed by atoms with Crippen LogP contribution in [0.3, 0.4) is 0 Å². The van der Waals surface area contributed by atoms with E-state index in [9.17, 15) is 9.59 Å². The third-order valence-electron chi connectivity index (χ3n) is 5.07. The van der Waals surface area contributed by atoms with Crippen molar-refractivity contribution in [2.75, 3.05) is 18.4 Å². The van der Waals surface area contributed by atoms with Crippen LogP contribution in [0.15, 0.2) is 54.7 Å². The van der Waals surface area contributed by atoms with E-state index in [2.05, 4.69) is 10.4 Å². The summed E-state index contributed by atoms with van der Waals surface area (Å²) in [5.41, 5.74) is 10.4. The minimum Gasteiger partial charge on any atom is -0.369 e. The molecule has 3 aromatic rings. The maximum atomic E-state index is 12.8. The molecule has 4 rings (SSSR count). The first-order valence-electron chi connectivity index (χ1n) is 9.55. The number of benzene rings is 2. The molecular formula is C22H23N5O2. The van der Waals surface area contributed by atoms with Gasteiger partial charge >= 0.3 is 0 Å². The highest BCUT2D eigenvalue weighted by atomic mass is 16.2. The second-order valence-corrected chi connectivity index (χ2v) is 7.31. The second-order valence-electron chi connectivity index (χ2n) is 7.31. The molecule has 0 unspecified atom stereocenters. The number of rotatable bonds is 5. The fourth-order valence-corrected chi connectivity index (χ4v) is 3.64. The fourth-order valence-electron chi connectivity index (χ4n) is 3.64. The second kappa shape index (κ2) is 7.89. The number of amides is 2. The molecule has 0 saturated carbocycles. The van der Waals surface area contributed by atoms with Gasteiger partial charge in [0.1, 0.15) is 0 Å². The topological polar surface area (TPSA) is 93.2 Å². The summed E-state index contributed by atoms with van der Waals surface area (Å²) < 4.78 is 1.71. The lowest BCUT2D eigenvalue weighted by Gasteiger charge is -2.28. The number of aryl methyl sites for hydroxylation is 1. The minimum absolute atomic E-state index is 0.242. The van der Waals surface area contributed by atoms with Crippen molar-refractivity contribution >= 4 is 17.5 Å². The van der Waals surface area contributed by atoms with Gasteiger partial charge < -0.3 is 11.1 Å². The molecule has 2 aromatic carbocycles. The number of anilines is 1. The summed E-state index contributed by atoms with van der Waals surface area (Å²) in [6, 6.07) is 15.6. The number of primary amides is 1. The van der Waals surface area contributed by atoms with Crippen LogP contribution in [0, 0.1) is 6.92 Å². The molecule has 0 bridgehead atoms. The van der Waals surface area contributed by atoms with Gasteiger partial charge in [0, 0.05) is 30.5 Å². The molecule has 0 spiro atoms. The zero-order chi connectivity index (χ0) is 20.4. The number of fused-ring (bicyclic) bond motifs is 1. The smallest absolute Gasteiger partial charge is 0.276 e. The zero-order valence-electron chi connectivity index (χ0n) is 16.3. The lowest BCUT2D eigenvalue weighted by molar-refractivity contribution is -0.119. The average Bonchev–Trinajstić information content (AvgIpc) is 3.10. The molecule has 29 heavy (non-hydrogen) atoms. The molecule has 148 valence electrons. The molecule has 7 nitrogen and oxygen atoms in total. The highest BCUT2D eigenvalue weighted by Crippen LogP contribution is 2.23. The first-order chi connectivity index (χ1) is 14.0. The Hall–Kier alpha value is -3.45. The van der Waals surface area contributed by atoms with Gasteiger partial charge in [-0.3, -0.25) is 14.5 Å². The van der Waals surface area contributed by atoms with Gasteiger partial charge in [-0.25, -0.2) is 4.68 Å². The van der Waals surface area contributed by atoms with Crippen LogP contribution >= 0.6 is 0 Å². The van der Waals surface area contributed by atoms with Gasteiger partial charge in [-0.15, -0.1) is 0 Å². The van der Waals surface area contributed by atoms with Gasteiger partial charge in [0.15, 0.2) is 5.69 Å². The van der Waals surface area contributed by atoms with Crippen molar-refractivity contribution in [3.05, 3.63) is 77.1 Å². The molecular weight excluding hydrogens is 366 g/mol. The number of nitrogens with one attached hydrogen (secondary N) is 1. The number of aromatic nitrogens is 2. The monoisotopic (exact) mass is 389 g/mol. The predicted octanol–water partition coefficient (Wildman–Crippen LogP) is 2.28. The lowest BCUT2D eigenvalue weighted by Crippen LogP contribution is -2.37. The van der Waals surface area contributed by atoms with Crippen LogP contribution in [0.5, 0.6) is 0 Å². The molecule has 0 aliphatic carbocycles. The van der Waals surface area contributed by atoms with Crippen LogP contribution in [0.1, 0.15) is 27.2 Å².